The summed E-state index contributed by atoms with van der Waals surface area (Å²) in [6.45, 7) is 3.67. The smallest absolute Gasteiger partial charge is 0.0836 e. The molecular formula is C7H7ClN2. The first-order valence-electron chi connectivity index (χ1n) is 2.81. The van der Waals surface area contributed by atoms with Crippen LogP contribution in [0.2, 0.25) is 0 Å². The summed E-state index contributed by atoms with van der Waals surface area (Å²) in [7, 11) is 1.68. The monoisotopic (exact) mass is 154 g/mol. The van der Waals surface area contributed by atoms with Crippen molar-refractivity contribution in [3.63, 3.8) is 0 Å². The molecule has 0 amide bonds. The summed E-state index contributed by atoms with van der Waals surface area (Å²) in [4.78, 5) is 7.83. The average Bonchev–Trinajstić information content (AvgIpc) is 1.94. The number of rotatable bonds is 0. The summed E-state index contributed by atoms with van der Waals surface area (Å²) >= 11 is 5.65. The van der Waals surface area contributed by atoms with Crippen molar-refractivity contribution in [2.75, 3.05) is 7.05 Å². The van der Waals surface area contributed by atoms with Crippen molar-refractivity contribution in [2.45, 2.75) is 0 Å². The number of dihydropyridines is 1. The first-order chi connectivity index (χ1) is 4.74. The first kappa shape index (κ1) is 7.22. The van der Waals surface area contributed by atoms with Gasteiger partial charge in [-0.1, -0.05) is 18.2 Å². The number of nitrogens with zero attached hydrogens (tertiary/aromatic N) is 2. The lowest BCUT2D eigenvalue weighted by atomic mass is 10.2. The van der Waals surface area contributed by atoms with E-state index >= 15 is 0 Å². The van der Waals surface area contributed by atoms with Crippen LogP contribution in [0, 0.1) is 0 Å². The van der Waals surface area contributed by atoms with E-state index in [0.29, 0.717) is 10.7 Å². The summed E-state index contributed by atoms with van der Waals surface area (Å²) in [6.07, 6.45) is 3.29. The molecule has 1 aliphatic rings. The standard InChI is InChI=1S/C7H7ClN2/c1-5-7(9-2)3-6(8)4-10-5/h3-4H,1H2,2H3. The van der Waals surface area contributed by atoms with Gasteiger partial charge in [-0.05, 0) is 6.08 Å². The van der Waals surface area contributed by atoms with E-state index in [4.69, 9.17) is 11.6 Å². The molecule has 0 spiro atoms. The molecule has 1 heterocycles. The van der Waals surface area contributed by atoms with Gasteiger partial charge in [0.05, 0.1) is 16.4 Å². The van der Waals surface area contributed by atoms with Crippen molar-refractivity contribution in [3.8, 4) is 0 Å². The molecule has 0 fully saturated rings. The van der Waals surface area contributed by atoms with E-state index in [1.165, 1.54) is 0 Å². The number of aliphatic imine (C=N–C) groups is 2. The van der Waals surface area contributed by atoms with Crippen LogP contribution in [0.5, 0.6) is 0 Å². The van der Waals surface area contributed by atoms with Crippen LogP contribution in [0.1, 0.15) is 0 Å². The van der Waals surface area contributed by atoms with Crippen LogP contribution in [0.3, 0.4) is 0 Å². The Morgan fingerprint density at radius 2 is 2.40 bits per heavy atom. The van der Waals surface area contributed by atoms with Crippen molar-refractivity contribution >= 4 is 23.5 Å². The second kappa shape index (κ2) is 2.80. The quantitative estimate of drug-likeness (QED) is 0.508. The van der Waals surface area contributed by atoms with Gasteiger partial charge in [-0.2, -0.15) is 0 Å². The van der Waals surface area contributed by atoms with Crippen LogP contribution >= 0.6 is 11.6 Å². The molecule has 10 heavy (non-hydrogen) atoms. The summed E-state index contributed by atoms with van der Waals surface area (Å²) in [5.41, 5.74) is 1.40. The number of allylic oxidation sites excluding steroid dienone is 2. The van der Waals surface area contributed by atoms with Crippen LogP contribution in [-0.4, -0.2) is 19.0 Å². The summed E-state index contributed by atoms with van der Waals surface area (Å²) in [5.74, 6) is 0. The molecule has 0 bridgehead atoms. The first-order valence-corrected chi connectivity index (χ1v) is 3.19. The van der Waals surface area contributed by atoms with E-state index in [1.54, 1.807) is 19.3 Å². The molecule has 2 nitrogen and oxygen atoms in total. The normalized spacial score (nSPS) is 21.6. The Balaban J connectivity index is 2.99. The van der Waals surface area contributed by atoms with E-state index in [2.05, 4.69) is 16.6 Å². The van der Waals surface area contributed by atoms with Gasteiger partial charge in [0.25, 0.3) is 0 Å². The average molecular weight is 155 g/mol. The molecule has 0 unspecified atom stereocenters. The lowest BCUT2D eigenvalue weighted by molar-refractivity contribution is 1.39. The van der Waals surface area contributed by atoms with E-state index in [9.17, 15) is 0 Å². The van der Waals surface area contributed by atoms with Crippen molar-refractivity contribution in [2.24, 2.45) is 9.98 Å². The van der Waals surface area contributed by atoms with Crippen molar-refractivity contribution < 1.29 is 0 Å². The Morgan fingerprint density at radius 1 is 1.70 bits per heavy atom. The van der Waals surface area contributed by atoms with Crippen LogP contribution in [0.4, 0.5) is 0 Å². The Hall–Kier alpha value is -0.890. The highest BCUT2D eigenvalue weighted by Crippen LogP contribution is 2.10. The van der Waals surface area contributed by atoms with E-state index in [0.717, 1.165) is 5.71 Å². The molecule has 3 heteroatoms. The van der Waals surface area contributed by atoms with Crippen molar-refractivity contribution in [1.29, 1.82) is 0 Å². The highest BCUT2D eigenvalue weighted by molar-refractivity contribution is 6.42. The lowest BCUT2D eigenvalue weighted by Gasteiger charge is -2.03. The van der Waals surface area contributed by atoms with E-state index < -0.39 is 0 Å². The summed E-state index contributed by atoms with van der Waals surface area (Å²) in [5, 5.41) is 0.591. The van der Waals surface area contributed by atoms with Gasteiger partial charge in [0.2, 0.25) is 0 Å². The van der Waals surface area contributed by atoms with Gasteiger partial charge in [0, 0.05) is 13.3 Å². The molecule has 0 atom stereocenters. The number of hydrogen-bond donors (Lipinski definition) is 0. The fourth-order valence-electron chi connectivity index (χ4n) is 0.651. The maximum Gasteiger partial charge on any atom is 0.0836 e. The van der Waals surface area contributed by atoms with Gasteiger partial charge in [-0.25, -0.2) is 0 Å². The predicted octanol–water partition coefficient (Wildman–Crippen LogP) is 1.78. The molecule has 52 valence electrons. The predicted molar refractivity (Wildman–Crippen MR) is 44.9 cm³/mol. The molecule has 1 aliphatic heterocycles. The Labute approximate surface area is 64.6 Å². The molecule has 0 aromatic carbocycles. The van der Waals surface area contributed by atoms with Crippen LogP contribution in [-0.2, 0) is 0 Å². The van der Waals surface area contributed by atoms with E-state index in [1.807, 2.05) is 0 Å². The maximum absolute atomic E-state index is 5.65. The lowest BCUT2D eigenvalue weighted by Crippen LogP contribution is -2.01. The molecule has 0 N–H and O–H groups in total. The summed E-state index contributed by atoms with van der Waals surface area (Å²) in [6, 6.07) is 0. The highest BCUT2D eigenvalue weighted by atomic mass is 35.5. The van der Waals surface area contributed by atoms with Gasteiger partial charge in [0.1, 0.15) is 0 Å². The van der Waals surface area contributed by atoms with Crippen molar-refractivity contribution in [3.05, 3.63) is 23.4 Å². The molecule has 0 aliphatic carbocycles. The zero-order valence-corrected chi connectivity index (χ0v) is 6.39. The third-order valence-corrected chi connectivity index (χ3v) is 1.36. The summed E-state index contributed by atoms with van der Waals surface area (Å²) < 4.78 is 0. The minimum absolute atomic E-state index is 0.591. The zero-order valence-electron chi connectivity index (χ0n) is 5.63. The maximum atomic E-state index is 5.65. The fourth-order valence-corrected chi connectivity index (χ4v) is 0.803. The molecule has 0 saturated heterocycles. The number of halogens is 1. The second-order valence-corrected chi connectivity index (χ2v) is 2.28. The molecular weight excluding hydrogens is 148 g/mol. The molecule has 0 radical (unpaired) electrons. The van der Waals surface area contributed by atoms with Gasteiger partial charge >= 0.3 is 0 Å². The zero-order chi connectivity index (χ0) is 7.56. The minimum Gasteiger partial charge on any atom is -0.286 e. The topological polar surface area (TPSA) is 24.7 Å². The molecule has 0 saturated carbocycles. The Morgan fingerprint density at radius 3 is 2.90 bits per heavy atom. The van der Waals surface area contributed by atoms with Gasteiger partial charge in [-0.3, -0.25) is 9.98 Å². The molecule has 1 rings (SSSR count). The van der Waals surface area contributed by atoms with Crippen LogP contribution < -0.4 is 0 Å². The third kappa shape index (κ3) is 1.33. The van der Waals surface area contributed by atoms with Gasteiger partial charge in [-0.15, -0.1) is 0 Å². The Kier molecular flexibility index (Phi) is 2.02. The largest absolute Gasteiger partial charge is 0.286 e. The third-order valence-electron chi connectivity index (χ3n) is 1.15. The van der Waals surface area contributed by atoms with Crippen molar-refractivity contribution in [1.82, 2.24) is 0 Å². The Bertz CT molecular complexity index is 248. The van der Waals surface area contributed by atoms with Gasteiger partial charge < -0.3 is 0 Å². The molecule has 0 aromatic heterocycles. The van der Waals surface area contributed by atoms with Crippen LogP contribution in [0.15, 0.2) is 33.4 Å². The number of hydrogen-bond acceptors (Lipinski definition) is 2. The van der Waals surface area contributed by atoms with E-state index in [-0.39, 0.29) is 0 Å². The SMILES string of the molecule is C=C1N=CC(Cl)=CC1=NC. The molecule has 0 aromatic rings. The van der Waals surface area contributed by atoms with Gasteiger partial charge in [0.15, 0.2) is 0 Å². The minimum atomic E-state index is 0.591. The highest BCUT2D eigenvalue weighted by Gasteiger charge is 2.04. The second-order valence-electron chi connectivity index (χ2n) is 1.84. The fraction of sp³-hybridized carbons (Fsp3) is 0.143. The van der Waals surface area contributed by atoms with Crippen LogP contribution in [0.25, 0.3) is 0 Å².